The van der Waals surface area contributed by atoms with Crippen LogP contribution in [-0.2, 0) is 9.53 Å². The average molecular weight is 447 g/mol. The van der Waals surface area contributed by atoms with Gasteiger partial charge in [-0.25, -0.2) is 0 Å². The molecule has 1 aromatic carbocycles. The van der Waals surface area contributed by atoms with Crippen LogP contribution in [0.5, 0.6) is 5.75 Å². The van der Waals surface area contributed by atoms with Gasteiger partial charge >= 0.3 is 0 Å². The van der Waals surface area contributed by atoms with Gasteiger partial charge in [-0.2, -0.15) is 0 Å². The highest BCUT2D eigenvalue weighted by Crippen LogP contribution is 2.31. The molecule has 32 heavy (non-hydrogen) atoms. The lowest BCUT2D eigenvalue weighted by Crippen LogP contribution is -2.47. The molecule has 5 nitrogen and oxygen atoms in total. The van der Waals surface area contributed by atoms with E-state index in [4.69, 9.17) is 9.47 Å². The van der Waals surface area contributed by atoms with Crippen LogP contribution in [0.2, 0.25) is 0 Å². The van der Waals surface area contributed by atoms with Crippen molar-refractivity contribution in [3.05, 3.63) is 24.3 Å². The van der Waals surface area contributed by atoms with E-state index < -0.39 is 5.60 Å². The van der Waals surface area contributed by atoms with Gasteiger partial charge in [0.25, 0.3) is 5.91 Å². The summed E-state index contributed by atoms with van der Waals surface area (Å²) in [6, 6.07) is 8.41. The zero-order chi connectivity index (χ0) is 23.6. The third-order valence-corrected chi connectivity index (χ3v) is 6.22. The maximum atomic E-state index is 13.3. The van der Waals surface area contributed by atoms with E-state index in [2.05, 4.69) is 44.8 Å². The molecule has 1 saturated heterocycles. The molecule has 1 aliphatic rings. The number of piperidine rings is 1. The van der Waals surface area contributed by atoms with E-state index >= 15 is 0 Å². The van der Waals surface area contributed by atoms with Gasteiger partial charge in [-0.3, -0.25) is 4.79 Å². The quantitative estimate of drug-likeness (QED) is 0.370. The molecule has 0 radical (unpaired) electrons. The summed E-state index contributed by atoms with van der Waals surface area (Å²) in [4.78, 5) is 15.9. The lowest BCUT2D eigenvalue weighted by Gasteiger charge is -2.35. The van der Waals surface area contributed by atoms with Crippen LogP contribution in [0.1, 0.15) is 80.1 Å². The Kier molecular flexibility index (Phi) is 11.0. The fourth-order valence-corrected chi connectivity index (χ4v) is 4.87. The number of hydrogen-bond acceptors (Lipinski definition) is 4. The van der Waals surface area contributed by atoms with Crippen molar-refractivity contribution in [1.82, 2.24) is 4.90 Å². The number of nitrogens with one attached hydrogen (secondary N) is 1. The smallest absolute Gasteiger partial charge is 0.256 e. The van der Waals surface area contributed by atoms with Crippen LogP contribution in [0.4, 0.5) is 5.69 Å². The number of carbonyl (C=O) groups excluding carboxylic acids is 1. The Morgan fingerprint density at radius 1 is 1.12 bits per heavy atom. The zero-order valence-corrected chi connectivity index (χ0v) is 21.3. The van der Waals surface area contributed by atoms with Crippen molar-refractivity contribution < 1.29 is 14.3 Å². The molecular formula is C27H46N2O3. The van der Waals surface area contributed by atoms with E-state index in [1.54, 1.807) is 0 Å². The van der Waals surface area contributed by atoms with Crippen LogP contribution in [0.25, 0.3) is 0 Å². The Morgan fingerprint density at radius 2 is 1.78 bits per heavy atom. The predicted octanol–water partition coefficient (Wildman–Crippen LogP) is 6.14. The number of nitrogens with zero attached hydrogens (tertiary/aromatic N) is 1. The van der Waals surface area contributed by atoms with Gasteiger partial charge in [0.05, 0.1) is 6.61 Å². The largest absolute Gasteiger partial charge is 0.494 e. The van der Waals surface area contributed by atoms with E-state index in [-0.39, 0.29) is 5.91 Å². The first-order valence-electron chi connectivity index (χ1n) is 12.7. The maximum absolute atomic E-state index is 13.3. The minimum atomic E-state index is -0.794. The molecule has 0 aromatic heterocycles. The second kappa shape index (κ2) is 13.2. The van der Waals surface area contributed by atoms with E-state index in [1.807, 2.05) is 31.2 Å². The van der Waals surface area contributed by atoms with Crippen LogP contribution in [-0.4, -0.2) is 48.8 Å². The molecule has 5 heteroatoms. The van der Waals surface area contributed by atoms with Crippen molar-refractivity contribution in [1.29, 1.82) is 0 Å². The molecule has 182 valence electrons. The summed E-state index contributed by atoms with van der Waals surface area (Å²) >= 11 is 0. The monoisotopic (exact) mass is 446 g/mol. The van der Waals surface area contributed by atoms with E-state index in [1.165, 1.54) is 25.8 Å². The van der Waals surface area contributed by atoms with E-state index in [0.717, 1.165) is 24.4 Å². The summed E-state index contributed by atoms with van der Waals surface area (Å²) < 4.78 is 12.0. The number of benzene rings is 1. The van der Waals surface area contributed by atoms with Gasteiger partial charge in [0, 0.05) is 24.9 Å². The summed E-state index contributed by atoms with van der Waals surface area (Å²) in [6.45, 7) is 16.4. The highest BCUT2D eigenvalue weighted by atomic mass is 16.5. The first kappa shape index (κ1) is 26.7. The molecule has 1 atom stereocenters. The SMILES string of the molecule is CCOC(CC(C)C)(CC(C)C)C(=O)Nc1ccc(OCCCN2CCCCC2C)cc1. The van der Waals surface area contributed by atoms with Crippen molar-refractivity contribution in [2.24, 2.45) is 11.8 Å². The molecule has 1 fully saturated rings. The fraction of sp³-hybridized carbons (Fsp3) is 0.741. The predicted molar refractivity (Wildman–Crippen MR) is 133 cm³/mol. The number of hydrogen-bond donors (Lipinski definition) is 1. The lowest BCUT2D eigenvalue weighted by molar-refractivity contribution is -0.146. The van der Waals surface area contributed by atoms with Gasteiger partial charge in [0.1, 0.15) is 11.4 Å². The fourth-order valence-electron chi connectivity index (χ4n) is 4.87. The molecule has 0 saturated carbocycles. The summed E-state index contributed by atoms with van der Waals surface area (Å²) in [5.41, 5.74) is -0.0150. The first-order valence-corrected chi connectivity index (χ1v) is 12.7. The Labute approximate surface area is 196 Å². The van der Waals surface area contributed by atoms with Gasteiger partial charge in [0.15, 0.2) is 0 Å². The summed E-state index contributed by atoms with van der Waals surface area (Å²) in [5, 5.41) is 3.09. The number of likely N-dealkylation sites (tertiary alicyclic amines) is 1. The molecule has 1 amide bonds. The van der Waals surface area contributed by atoms with Crippen molar-refractivity contribution in [3.63, 3.8) is 0 Å². The molecule has 0 spiro atoms. The minimum absolute atomic E-state index is 0.0499. The Morgan fingerprint density at radius 3 is 2.34 bits per heavy atom. The van der Waals surface area contributed by atoms with Crippen molar-refractivity contribution in [2.75, 3.05) is 31.6 Å². The Balaban J connectivity index is 1.89. The lowest BCUT2D eigenvalue weighted by atomic mass is 9.83. The van der Waals surface area contributed by atoms with Gasteiger partial charge in [-0.15, -0.1) is 0 Å². The molecule has 1 aromatic rings. The highest BCUT2D eigenvalue weighted by molar-refractivity contribution is 5.97. The number of carbonyl (C=O) groups is 1. The van der Waals surface area contributed by atoms with Gasteiger partial charge in [-0.05, 0) is 88.6 Å². The molecule has 1 aliphatic heterocycles. The standard InChI is InChI=1S/C27H46N2O3/c1-7-32-27(19-21(2)3,20-22(4)5)26(30)28-24-12-14-25(15-13-24)31-18-10-17-29-16-9-8-11-23(29)6/h12-15,21-23H,7-11,16-20H2,1-6H3,(H,28,30). The molecule has 0 bridgehead atoms. The Bertz CT molecular complexity index is 662. The Hall–Kier alpha value is -1.59. The van der Waals surface area contributed by atoms with Crippen LogP contribution >= 0.6 is 0 Å². The average Bonchev–Trinajstić information content (AvgIpc) is 2.72. The second-order valence-electron chi connectivity index (χ2n) is 10.2. The molecular weight excluding hydrogens is 400 g/mol. The number of ether oxygens (including phenoxy) is 2. The van der Waals surface area contributed by atoms with E-state index in [9.17, 15) is 4.79 Å². The van der Waals surface area contributed by atoms with Crippen LogP contribution < -0.4 is 10.1 Å². The molecule has 1 unspecified atom stereocenters. The van der Waals surface area contributed by atoms with Crippen LogP contribution in [0.15, 0.2) is 24.3 Å². The van der Waals surface area contributed by atoms with Crippen molar-refractivity contribution in [3.8, 4) is 5.75 Å². The molecule has 1 N–H and O–H groups in total. The molecule has 2 rings (SSSR count). The second-order valence-corrected chi connectivity index (χ2v) is 10.2. The first-order chi connectivity index (χ1) is 15.3. The van der Waals surface area contributed by atoms with Crippen molar-refractivity contribution in [2.45, 2.75) is 91.7 Å². The number of anilines is 1. The third-order valence-electron chi connectivity index (χ3n) is 6.22. The molecule has 1 heterocycles. The van der Waals surface area contributed by atoms with Gasteiger partial charge < -0.3 is 19.7 Å². The normalized spacial score (nSPS) is 17.7. The number of amides is 1. The summed E-state index contributed by atoms with van der Waals surface area (Å²) in [5.74, 6) is 1.53. The van der Waals surface area contributed by atoms with Crippen LogP contribution in [0.3, 0.4) is 0 Å². The van der Waals surface area contributed by atoms with Crippen molar-refractivity contribution >= 4 is 11.6 Å². The van der Waals surface area contributed by atoms with Gasteiger partial charge in [-0.1, -0.05) is 34.1 Å². The summed E-state index contributed by atoms with van der Waals surface area (Å²) in [7, 11) is 0. The third kappa shape index (κ3) is 8.40. The maximum Gasteiger partial charge on any atom is 0.256 e. The van der Waals surface area contributed by atoms with E-state index in [0.29, 0.717) is 43.9 Å². The topological polar surface area (TPSA) is 50.8 Å². The zero-order valence-electron chi connectivity index (χ0n) is 21.3. The van der Waals surface area contributed by atoms with Gasteiger partial charge in [0.2, 0.25) is 0 Å². The minimum Gasteiger partial charge on any atom is -0.494 e. The molecule has 0 aliphatic carbocycles. The number of rotatable bonds is 13. The van der Waals surface area contributed by atoms with Crippen LogP contribution in [0, 0.1) is 11.8 Å². The highest BCUT2D eigenvalue weighted by Gasteiger charge is 2.40. The summed E-state index contributed by atoms with van der Waals surface area (Å²) in [6.07, 6.45) is 6.44.